The molecule has 0 saturated heterocycles. The van der Waals surface area contributed by atoms with Gasteiger partial charge in [-0.1, -0.05) is 15.9 Å². The van der Waals surface area contributed by atoms with Gasteiger partial charge in [0.15, 0.2) is 5.75 Å². The summed E-state index contributed by atoms with van der Waals surface area (Å²) < 4.78 is 0.614. The van der Waals surface area contributed by atoms with Crippen LogP contribution in [0.25, 0.3) is 22.0 Å². The van der Waals surface area contributed by atoms with Crippen molar-refractivity contribution in [2.45, 2.75) is 0 Å². The maximum atomic E-state index is 11.9. The van der Waals surface area contributed by atoms with Crippen LogP contribution < -0.4 is 5.56 Å². The molecule has 0 aliphatic carbocycles. The summed E-state index contributed by atoms with van der Waals surface area (Å²) in [6, 6.07) is 8.37. The molecule has 1 heterocycles. The molecule has 0 radical (unpaired) electrons. The number of aromatic nitrogens is 1. The van der Waals surface area contributed by atoms with Crippen molar-refractivity contribution in [1.82, 2.24) is 4.98 Å². The van der Waals surface area contributed by atoms with Crippen molar-refractivity contribution in [3.05, 3.63) is 61.3 Å². The summed E-state index contributed by atoms with van der Waals surface area (Å²) in [6.45, 7) is 0. The lowest BCUT2D eigenvalue weighted by atomic mass is 9.99. The van der Waals surface area contributed by atoms with Crippen LogP contribution in [0.3, 0.4) is 0 Å². The zero-order valence-corrected chi connectivity index (χ0v) is 13.0. The first-order valence-electron chi connectivity index (χ1n) is 6.41. The fourth-order valence-corrected chi connectivity index (χ4v) is 2.73. The van der Waals surface area contributed by atoms with Crippen molar-refractivity contribution in [1.29, 1.82) is 0 Å². The highest BCUT2D eigenvalue weighted by atomic mass is 79.9. The van der Waals surface area contributed by atoms with Crippen molar-refractivity contribution < 1.29 is 15.1 Å². The summed E-state index contributed by atoms with van der Waals surface area (Å²) in [6.07, 6.45) is 0. The van der Waals surface area contributed by atoms with Gasteiger partial charge in [-0.05, 0) is 24.3 Å². The molecule has 116 valence electrons. The monoisotopic (exact) mass is 376 g/mol. The molecule has 23 heavy (non-hydrogen) atoms. The van der Waals surface area contributed by atoms with Crippen molar-refractivity contribution >= 4 is 32.5 Å². The minimum absolute atomic E-state index is 0.0336. The van der Waals surface area contributed by atoms with E-state index in [1.807, 2.05) is 0 Å². The molecule has 2 aromatic carbocycles. The first-order chi connectivity index (χ1) is 10.9. The number of halogens is 1. The van der Waals surface area contributed by atoms with E-state index in [0.717, 1.165) is 0 Å². The van der Waals surface area contributed by atoms with Crippen LogP contribution in [0.15, 0.2) is 45.7 Å². The normalized spacial score (nSPS) is 10.8. The third-order valence-corrected chi connectivity index (χ3v) is 3.90. The molecule has 3 aromatic rings. The highest BCUT2D eigenvalue weighted by Crippen LogP contribution is 2.40. The van der Waals surface area contributed by atoms with Crippen LogP contribution >= 0.6 is 15.9 Å². The molecule has 0 spiro atoms. The fourth-order valence-electron chi connectivity index (χ4n) is 2.37. The van der Waals surface area contributed by atoms with Gasteiger partial charge in [0.2, 0.25) is 0 Å². The molecular formula is C15H9BrN2O5. The minimum atomic E-state index is -0.749. The van der Waals surface area contributed by atoms with Crippen LogP contribution in [-0.4, -0.2) is 20.1 Å². The number of benzene rings is 2. The first-order valence-corrected chi connectivity index (χ1v) is 7.20. The number of fused-ring (bicyclic) bond motifs is 1. The largest absolute Gasteiger partial charge is 0.507 e. The number of aromatic hydroxyl groups is 2. The first kappa shape index (κ1) is 15.0. The SMILES string of the molecule is O=c1[nH]c2ccc([N+](=O)[O-])cc2c(-c2cc(Br)ccc2O)c1O. The number of rotatable bonds is 2. The van der Waals surface area contributed by atoms with E-state index >= 15 is 0 Å². The van der Waals surface area contributed by atoms with Gasteiger partial charge in [0.05, 0.1) is 4.92 Å². The second kappa shape index (κ2) is 5.40. The maximum Gasteiger partial charge on any atom is 0.291 e. The molecule has 3 N–H and O–H groups in total. The van der Waals surface area contributed by atoms with E-state index in [0.29, 0.717) is 9.99 Å². The van der Waals surface area contributed by atoms with E-state index < -0.39 is 16.2 Å². The van der Waals surface area contributed by atoms with E-state index in [1.54, 1.807) is 6.07 Å². The Morgan fingerprint density at radius 3 is 2.57 bits per heavy atom. The third-order valence-electron chi connectivity index (χ3n) is 3.41. The van der Waals surface area contributed by atoms with Crippen molar-refractivity contribution in [3.8, 4) is 22.6 Å². The predicted molar refractivity (Wildman–Crippen MR) is 87.7 cm³/mol. The highest BCUT2D eigenvalue weighted by molar-refractivity contribution is 9.10. The van der Waals surface area contributed by atoms with Crippen LogP contribution in [0.5, 0.6) is 11.5 Å². The molecule has 0 unspecified atom stereocenters. The molecule has 0 atom stereocenters. The second-order valence-electron chi connectivity index (χ2n) is 4.83. The Kier molecular flexibility index (Phi) is 3.53. The summed E-state index contributed by atoms with van der Waals surface area (Å²) in [5, 5.41) is 31.5. The topological polar surface area (TPSA) is 116 Å². The lowest BCUT2D eigenvalue weighted by molar-refractivity contribution is -0.384. The number of H-pyrrole nitrogens is 1. The molecule has 0 aliphatic heterocycles. The number of nitrogens with zero attached hydrogens (tertiary/aromatic N) is 1. The van der Waals surface area contributed by atoms with E-state index in [9.17, 15) is 25.1 Å². The van der Waals surface area contributed by atoms with Crippen LogP contribution in [0.2, 0.25) is 0 Å². The standard InChI is InChI=1S/C15H9BrN2O5/c16-7-1-4-12(19)10(5-7)13-9-6-8(18(22)23)2-3-11(9)17-15(21)14(13)20/h1-6,19-20H,(H,17,21). The molecular weight excluding hydrogens is 368 g/mol. The Bertz CT molecular complexity index is 1010. The Labute approximate surface area is 137 Å². The van der Waals surface area contributed by atoms with E-state index in [4.69, 9.17) is 0 Å². The Hall–Kier alpha value is -2.87. The van der Waals surface area contributed by atoms with Gasteiger partial charge in [0.1, 0.15) is 5.75 Å². The lowest BCUT2D eigenvalue weighted by Crippen LogP contribution is -2.07. The number of non-ortho nitro benzene ring substituents is 1. The molecule has 8 heteroatoms. The zero-order chi connectivity index (χ0) is 16.7. The van der Waals surface area contributed by atoms with Gasteiger partial charge in [-0.15, -0.1) is 0 Å². The Balaban J connectivity index is 2.48. The van der Waals surface area contributed by atoms with Crippen LogP contribution in [-0.2, 0) is 0 Å². The van der Waals surface area contributed by atoms with Gasteiger partial charge in [-0.2, -0.15) is 0 Å². The molecule has 7 nitrogen and oxygen atoms in total. The summed E-state index contributed by atoms with van der Waals surface area (Å²) in [4.78, 5) is 24.8. The lowest BCUT2D eigenvalue weighted by Gasteiger charge is -2.11. The Morgan fingerprint density at radius 1 is 1.13 bits per heavy atom. The highest BCUT2D eigenvalue weighted by Gasteiger charge is 2.19. The summed E-state index contributed by atoms with van der Waals surface area (Å²) >= 11 is 3.25. The minimum Gasteiger partial charge on any atom is -0.507 e. The number of hydrogen-bond donors (Lipinski definition) is 3. The second-order valence-corrected chi connectivity index (χ2v) is 5.74. The van der Waals surface area contributed by atoms with Crippen molar-refractivity contribution in [2.75, 3.05) is 0 Å². The molecule has 0 bridgehead atoms. The van der Waals surface area contributed by atoms with Gasteiger partial charge in [0, 0.05) is 38.6 Å². The summed E-state index contributed by atoms with van der Waals surface area (Å²) in [5.41, 5.74) is -0.409. The number of phenolic OH excluding ortho intramolecular Hbond substituents is 1. The molecule has 3 rings (SSSR count). The maximum absolute atomic E-state index is 11.9. The van der Waals surface area contributed by atoms with Crippen molar-refractivity contribution in [2.24, 2.45) is 0 Å². The van der Waals surface area contributed by atoms with E-state index in [-0.39, 0.29) is 28.0 Å². The number of phenols is 1. The fraction of sp³-hybridized carbons (Fsp3) is 0. The Morgan fingerprint density at radius 2 is 1.87 bits per heavy atom. The summed E-state index contributed by atoms with van der Waals surface area (Å²) in [7, 11) is 0. The predicted octanol–water partition coefficient (Wildman–Crippen LogP) is 3.28. The van der Waals surface area contributed by atoms with E-state index in [2.05, 4.69) is 20.9 Å². The number of pyridine rings is 1. The van der Waals surface area contributed by atoms with Crippen LogP contribution in [0.4, 0.5) is 5.69 Å². The molecule has 0 amide bonds. The van der Waals surface area contributed by atoms with Gasteiger partial charge in [-0.25, -0.2) is 0 Å². The summed E-state index contributed by atoms with van der Waals surface area (Å²) in [5.74, 6) is -0.784. The number of nitro benzene ring substituents is 1. The smallest absolute Gasteiger partial charge is 0.291 e. The molecule has 0 saturated carbocycles. The van der Waals surface area contributed by atoms with Crippen LogP contribution in [0.1, 0.15) is 0 Å². The third kappa shape index (κ3) is 2.53. The quantitative estimate of drug-likeness (QED) is 0.468. The van der Waals surface area contributed by atoms with Crippen LogP contribution in [0, 0.1) is 10.1 Å². The average molecular weight is 377 g/mol. The number of nitro groups is 1. The number of aromatic amines is 1. The van der Waals surface area contributed by atoms with Gasteiger partial charge < -0.3 is 15.2 Å². The van der Waals surface area contributed by atoms with Gasteiger partial charge >= 0.3 is 0 Å². The average Bonchev–Trinajstić information content (AvgIpc) is 2.51. The molecule has 0 fully saturated rings. The van der Waals surface area contributed by atoms with Gasteiger partial charge in [0.25, 0.3) is 11.2 Å². The zero-order valence-electron chi connectivity index (χ0n) is 11.4. The molecule has 1 aromatic heterocycles. The molecule has 0 aliphatic rings. The van der Waals surface area contributed by atoms with E-state index in [1.165, 1.54) is 30.3 Å². The number of nitrogens with one attached hydrogen (secondary N) is 1. The van der Waals surface area contributed by atoms with Crippen molar-refractivity contribution in [3.63, 3.8) is 0 Å². The van der Waals surface area contributed by atoms with Gasteiger partial charge in [-0.3, -0.25) is 14.9 Å². The number of hydrogen-bond acceptors (Lipinski definition) is 5.